The van der Waals surface area contributed by atoms with E-state index in [-0.39, 0.29) is 11.7 Å². The summed E-state index contributed by atoms with van der Waals surface area (Å²) in [7, 11) is 0. The lowest BCUT2D eigenvalue weighted by Crippen LogP contribution is -1.95. The van der Waals surface area contributed by atoms with Crippen LogP contribution in [0.25, 0.3) is 22.6 Å². The average molecular weight is 278 g/mol. The summed E-state index contributed by atoms with van der Waals surface area (Å²) < 4.78 is 5.30. The van der Waals surface area contributed by atoms with Crippen molar-refractivity contribution in [3.8, 4) is 22.6 Å². The Kier molecular flexibility index (Phi) is 3.60. The van der Waals surface area contributed by atoms with Gasteiger partial charge in [-0.15, -0.1) is 0 Å². The molecule has 0 spiro atoms. The van der Waals surface area contributed by atoms with Crippen LogP contribution >= 0.6 is 0 Å². The lowest BCUT2D eigenvalue weighted by atomic mass is 9.95. The molecule has 2 aromatic rings. The maximum atomic E-state index is 11.3. The Morgan fingerprint density at radius 1 is 1.05 bits per heavy atom. The van der Waals surface area contributed by atoms with Crippen LogP contribution in [0.3, 0.4) is 0 Å². The number of hydrogen-bond donors (Lipinski definition) is 0. The molecule has 0 unspecified atom stereocenters. The zero-order valence-electron chi connectivity index (χ0n) is 11.6. The molecule has 0 aliphatic heterocycles. The van der Waals surface area contributed by atoms with Crippen LogP contribution in [-0.4, -0.2) is 15.8 Å². The molecule has 0 amide bonds. The van der Waals surface area contributed by atoms with Crippen molar-refractivity contribution < 1.29 is 9.21 Å². The zero-order chi connectivity index (χ0) is 14.7. The predicted molar refractivity (Wildman–Crippen MR) is 79.8 cm³/mol. The third-order valence-corrected chi connectivity index (χ3v) is 3.20. The minimum Gasteiger partial charge on any atom is -0.432 e. The van der Waals surface area contributed by atoms with E-state index in [1.165, 1.54) is 17.3 Å². The van der Waals surface area contributed by atoms with Crippen LogP contribution in [0, 0.1) is 0 Å². The molecule has 0 saturated carbocycles. The van der Waals surface area contributed by atoms with E-state index in [2.05, 4.69) is 34.2 Å². The van der Waals surface area contributed by atoms with Gasteiger partial charge in [0.15, 0.2) is 5.76 Å². The number of rotatable bonds is 3. The lowest BCUT2D eigenvalue weighted by molar-refractivity contribution is 0.0955. The molecule has 0 aromatic carbocycles. The van der Waals surface area contributed by atoms with Crippen LogP contribution in [0.1, 0.15) is 24.0 Å². The Hall–Kier alpha value is -2.75. The fourth-order valence-corrected chi connectivity index (χ4v) is 1.84. The summed E-state index contributed by atoms with van der Waals surface area (Å²) in [6.45, 7) is 1.77. The van der Waals surface area contributed by atoms with Gasteiger partial charge in [0.05, 0.1) is 6.20 Å². The van der Waals surface area contributed by atoms with E-state index >= 15 is 0 Å². The number of Topliss-reactive ketones (excluding diaryl/α,β-unsaturated/α-hetero) is 1. The Bertz CT molecular complexity index is 725. The number of oxazole rings is 1. The van der Waals surface area contributed by atoms with Gasteiger partial charge in [0.25, 0.3) is 5.89 Å². The first-order valence-corrected chi connectivity index (χ1v) is 6.79. The standard InChI is InChI=1S/C11H10N2O2.C6H4/c1-2-9(14)11-13-7-10(15-11)8-5-3-4-6-12-8;1-2-6-4-3-5(1)6/h3-7H,2H2,1H3;1-4H. The number of fused-ring (bicyclic) bond motifs is 1. The maximum Gasteiger partial charge on any atom is 0.263 e. The van der Waals surface area contributed by atoms with E-state index in [0.29, 0.717) is 17.9 Å². The largest absolute Gasteiger partial charge is 0.432 e. The molecule has 0 saturated heterocycles. The van der Waals surface area contributed by atoms with E-state index in [0.717, 1.165) is 0 Å². The van der Waals surface area contributed by atoms with Crippen molar-refractivity contribution in [3.05, 3.63) is 60.7 Å². The fraction of sp³-hybridized carbons (Fsp3) is 0.118. The third-order valence-electron chi connectivity index (χ3n) is 3.20. The average Bonchev–Trinajstić information content (AvgIpc) is 3.01. The van der Waals surface area contributed by atoms with Gasteiger partial charge in [-0.25, -0.2) is 4.98 Å². The number of carbonyl (C=O) groups excluding carboxylic acids is 1. The molecule has 0 fully saturated rings. The number of pyridine rings is 1. The van der Waals surface area contributed by atoms with Gasteiger partial charge in [-0.05, 0) is 23.3 Å². The van der Waals surface area contributed by atoms with Crippen LogP contribution < -0.4 is 0 Å². The van der Waals surface area contributed by atoms with Gasteiger partial charge in [0.2, 0.25) is 5.78 Å². The smallest absolute Gasteiger partial charge is 0.263 e. The van der Waals surface area contributed by atoms with Gasteiger partial charge in [-0.3, -0.25) is 9.78 Å². The van der Waals surface area contributed by atoms with Crippen LogP contribution in [0.15, 0.2) is 59.3 Å². The van der Waals surface area contributed by atoms with Gasteiger partial charge in [0, 0.05) is 12.6 Å². The molecule has 2 aromatic heterocycles. The predicted octanol–water partition coefficient (Wildman–Crippen LogP) is 4.00. The van der Waals surface area contributed by atoms with E-state index < -0.39 is 0 Å². The summed E-state index contributed by atoms with van der Waals surface area (Å²) >= 11 is 0. The van der Waals surface area contributed by atoms with Crippen molar-refractivity contribution in [1.82, 2.24) is 9.97 Å². The van der Waals surface area contributed by atoms with E-state index in [1.807, 2.05) is 12.1 Å². The number of nitrogens with zero attached hydrogens (tertiary/aromatic N) is 2. The van der Waals surface area contributed by atoms with Crippen molar-refractivity contribution in [1.29, 1.82) is 0 Å². The molecule has 4 nitrogen and oxygen atoms in total. The van der Waals surface area contributed by atoms with Crippen molar-refractivity contribution in [2.45, 2.75) is 13.3 Å². The van der Waals surface area contributed by atoms with Crippen molar-refractivity contribution in [2.24, 2.45) is 0 Å². The first-order valence-electron chi connectivity index (χ1n) is 6.79. The number of benzene rings is 1. The first-order chi connectivity index (χ1) is 10.3. The number of hydrogen-bond acceptors (Lipinski definition) is 4. The topological polar surface area (TPSA) is 56.0 Å². The van der Waals surface area contributed by atoms with Crippen LogP contribution in [0.4, 0.5) is 0 Å². The molecule has 4 heteroatoms. The SMILES string of the molecule is CCC(=O)c1ncc(-c2ccccn2)o1.c1cc2ccc1-2. The molecule has 0 N–H and O–H groups in total. The van der Waals surface area contributed by atoms with Gasteiger partial charge >= 0.3 is 0 Å². The highest BCUT2D eigenvalue weighted by Gasteiger charge is 2.12. The Morgan fingerprint density at radius 3 is 2.24 bits per heavy atom. The number of aromatic nitrogens is 2. The second-order valence-corrected chi connectivity index (χ2v) is 4.60. The van der Waals surface area contributed by atoms with Crippen LogP contribution in [0.5, 0.6) is 0 Å². The van der Waals surface area contributed by atoms with E-state index in [1.54, 1.807) is 19.2 Å². The Balaban J connectivity index is 0.000000180. The third kappa shape index (κ3) is 2.74. The number of carbonyl (C=O) groups is 1. The Labute approximate surface area is 122 Å². The lowest BCUT2D eigenvalue weighted by Gasteiger charge is -2.10. The summed E-state index contributed by atoms with van der Waals surface area (Å²) in [6, 6.07) is 14.0. The minimum atomic E-state index is -0.0998. The molecule has 2 aliphatic carbocycles. The molecule has 0 atom stereocenters. The minimum absolute atomic E-state index is 0.0998. The second kappa shape index (κ2) is 5.71. The molecule has 0 radical (unpaired) electrons. The fourth-order valence-electron chi connectivity index (χ4n) is 1.84. The number of ketones is 1. The van der Waals surface area contributed by atoms with E-state index in [9.17, 15) is 4.79 Å². The highest BCUT2D eigenvalue weighted by Crippen LogP contribution is 2.29. The zero-order valence-corrected chi connectivity index (χ0v) is 11.6. The van der Waals surface area contributed by atoms with Crippen LogP contribution in [0.2, 0.25) is 0 Å². The molecule has 104 valence electrons. The summed E-state index contributed by atoms with van der Waals surface area (Å²) in [5.41, 5.74) is 3.53. The van der Waals surface area contributed by atoms with E-state index in [4.69, 9.17) is 4.42 Å². The molecular weight excluding hydrogens is 264 g/mol. The Morgan fingerprint density at radius 2 is 1.76 bits per heavy atom. The van der Waals surface area contributed by atoms with Crippen LogP contribution in [-0.2, 0) is 0 Å². The summed E-state index contributed by atoms with van der Waals surface area (Å²) in [4.78, 5) is 19.3. The molecule has 21 heavy (non-hydrogen) atoms. The molecular formula is C17H14N2O2. The highest BCUT2D eigenvalue weighted by atomic mass is 16.4. The monoisotopic (exact) mass is 278 g/mol. The van der Waals surface area contributed by atoms with Gasteiger partial charge in [0.1, 0.15) is 5.69 Å². The normalized spacial score (nSPS) is 10.5. The maximum absolute atomic E-state index is 11.3. The first kappa shape index (κ1) is 13.2. The van der Waals surface area contributed by atoms with Gasteiger partial charge in [-0.1, -0.05) is 37.3 Å². The summed E-state index contributed by atoms with van der Waals surface area (Å²) in [5, 5.41) is 0. The highest BCUT2D eigenvalue weighted by molar-refractivity contribution is 5.91. The molecule has 4 rings (SSSR count). The van der Waals surface area contributed by atoms with Gasteiger partial charge < -0.3 is 4.42 Å². The van der Waals surface area contributed by atoms with Gasteiger partial charge in [-0.2, -0.15) is 0 Å². The molecule has 0 bridgehead atoms. The summed E-state index contributed by atoms with van der Waals surface area (Å²) in [6.07, 6.45) is 3.58. The summed E-state index contributed by atoms with van der Waals surface area (Å²) in [5.74, 6) is 0.572. The molecule has 2 aliphatic rings. The quantitative estimate of drug-likeness (QED) is 0.531. The van der Waals surface area contributed by atoms with Crippen molar-refractivity contribution in [2.75, 3.05) is 0 Å². The van der Waals surface area contributed by atoms with Crippen molar-refractivity contribution in [3.63, 3.8) is 0 Å². The second-order valence-electron chi connectivity index (χ2n) is 4.60. The molecule has 2 heterocycles. The van der Waals surface area contributed by atoms with Crippen molar-refractivity contribution >= 4 is 5.78 Å².